The Morgan fingerprint density at radius 2 is 1.87 bits per heavy atom. The van der Waals surface area contributed by atoms with Gasteiger partial charge in [0.2, 0.25) is 11.1 Å². The number of para-hydroxylation sites is 1. The zero-order valence-corrected chi connectivity index (χ0v) is 16.3. The Morgan fingerprint density at radius 1 is 1.13 bits per heavy atom. The third kappa shape index (κ3) is 5.64. The number of nitrogens with one attached hydrogen (secondary N) is 2. The number of rotatable bonds is 8. The van der Waals surface area contributed by atoms with Crippen molar-refractivity contribution in [2.45, 2.75) is 5.16 Å². The van der Waals surface area contributed by atoms with Gasteiger partial charge in [-0.1, -0.05) is 54.2 Å². The largest absolute Gasteiger partial charge is 0.334 e. The van der Waals surface area contributed by atoms with E-state index < -0.39 is 23.2 Å². The molecule has 2 aromatic carbocycles. The summed E-state index contributed by atoms with van der Waals surface area (Å²) in [5.74, 6) is 3.50. The molecule has 0 unspecified atom stereocenters. The molecule has 4 N–H and O–H groups in total. The van der Waals surface area contributed by atoms with Gasteiger partial charge >= 0.3 is 0 Å². The molecule has 0 aliphatic rings. The topological polar surface area (TPSA) is 110 Å². The first-order valence-corrected chi connectivity index (χ1v) is 9.61. The maximum Gasteiger partial charge on any atom is 0.264 e. The quantitative estimate of drug-likeness (QED) is 0.220. The maximum absolute atomic E-state index is 13.6. The Hall–Kier alpha value is -3.73. The highest BCUT2D eigenvalue weighted by Crippen LogP contribution is 2.20. The summed E-state index contributed by atoms with van der Waals surface area (Å²) in [5.41, 5.74) is 3.16. The number of nitrogens with two attached hydrogens (primary N) is 1. The summed E-state index contributed by atoms with van der Waals surface area (Å²) in [4.78, 5) is 12.0. The van der Waals surface area contributed by atoms with Crippen molar-refractivity contribution in [3.8, 4) is 0 Å². The number of hydrogen-bond donors (Lipinski definition) is 3. The normalized spacial score (nSPS) is 11.3. The van der Waals surface area contributed by atoms with E-state index in [0.29, 0.717) is 0 Å². The molecule has 0 aliphatic heterocycles. The van der Waals surface area contributed by atoms with Crippen LogP contribution in [-0.4, -0.2) is 32.7 Å². The fraction of sp³-hybridized carbons (Fsp3) is 0.0526. The summed E-state index contributed by atoms with van der Waals surface area (Å²) < 4.78 is 28.3. The van der Waals surface area contributed by atoms with Crippen LogP contribution in [0.2, 0.25) is 0 Å². The van der Waals surface area contributed by atoms with Crippen LogP contribution in [0, 0.1) is 11.6 Å². The minimum absolute atomic E-state index is 0.155. The van der Waals surface area contributed by atoms with E-state index in [0.717, 1.165) is 34.1 Å². The van der Waals surface area contributed by atoms with Gasteiger partial charge in [0.05, 0.1) is 5.75 Å². The van der Waals surface area contributed by atoms with Gasteiger partial charge in [-0.2, -0.15) is 5.10 Å². The number of carbonyl (C=O) groups is 1. The van der Waals surface area contributed by atoms with Crippen LogP contribution in [0.3, 0.4) is 0 Å². The van der Waals surface area contributed by atoms with Crippen molar-refractivity contribution >= 4 is 41.6 Å². The highest BCUT2D eigenvalue weighted by molar-refractivity contribution is 7.99. The van der Waals surface area contributed by atoms with E-state index in [1.807, 2.05) is 36.4 Å². The first-order valence-electron chi connectivity index (χ1n) is 8.62. The minimum atomic E-state index is -0.860. The van der Waals surface area contributed by atoms with Crippen LogP contribution >= 0.6 is 11.8 Å². The van der Waals surface area contributed by atoms with E-state index in [-0.39, 0.29) is 16.9 Å². The van der Waals surface area contributed by atoms with Crippen LogP contribution in [0.1, 0.15) is 5.56 Å². The number of nitrogens with zero attached hydrogens (tertiary/aromatic N) is 4. The summed E-state index contributed by atoms with van der Waals surface area (Å²) in [5, 5.41) is 14.0. The lowest BCUT2D eigenvalue weighted by atomic mass is 10.2. The Labute approximate surface area is 174 Å². The fourth-order valence-corrected chi connectivity index (χ4v) is 2.89. The number of anilines is 2. The number of thioether (sulfide) groups is 1. The predicted molar refractivity (Wildman–Crippen MR) is 113 cm³/mol. The molecule has 0 spiro atoms. The lowest BCUT2D eigenvalue weighted by Gasteiger charge is -2.07. The molecule has 0 fully saturated rings. The van der Waals surface area contributed by atoms with Gasteiger partial charge in [0.25, 0.3) is 5.95 Å². The Kier molecular flexibility index (Phi) is 7.11. The number of carbonyl (C=O) groups excluding carboxylic acids is 1. The SMILES string of the molecule is Nn1c(N/N=C/C=C/c2ccccc2)nnc1SCC(=O)Nc1c(F)cccc1F. The van der Waals surface area contributed by atoms with Gasteiger partial charge in [0.15, 0.2) is 0 Å². The molecule has 11 heteroatoms. The first-order chi connectivity index (χ1) is 14.5. The molecule has 0 saturated carbocycles. The second kappa shape index (κ2) is 10.2. The van der Waals surface area contributed by atoms with E-state index in [1.165, 1.54) is 12.3 Å². The van der Waals surface area contributed by atoms with E-state index >= 15 is 0 Å². The van der Waals surface area contributed by atoms with Gasteiger partial charge < -0.3 is 11.2 Å². The number of hydrogen-bond acceptors (Lipinski definition) is 7. The molecule has 0 aliphatic carbocycles. The summed E-state index contributed by atoms with van der Waals surface area (Å²) in [6.07, 6.45) is 5.13. The third-order valence-electron chi connectivity index (χ3n) is 3.64. The summed E-state index contributed by atoms with van der Waals surface area (Å²) in [6, 6.07) is 13.0. The smallest absolute Gasteiger partial charge is 0.264 e. The number of halogens is 2. The maximum atomic E-state index is 13.6. The number of nitrogen functional groups attached to an aromatic ring is 1. The standard InChI is InChI=1S/C19H17F2N7OS/c20-14-9-4-10-15(21)17(14)24-16(29)12-30-19-27-26-18(28(19)22)25-23-11-5-8-13-6-2-1-3-7-13/h1-11H,12,22H2,(H,24,29)(H,25,26)/b8-5+,23-11+. The number of aromatic nitrogens is 3. The molecule has 1 heterocycles. The lowest BCUT2D eigenvalue weighted by Crippen LogP contribution is -2.18. The Bertz CT molecular complexity index is 1050. The van der Waals surface area contributed by atoms with Crippen molar-refractivity contribution in [1.82, 2.24) is 14.9 Å². The van der Waals surface area contributed by atoms with Crippen LogP contribution in [0.4, 0.5) is 20.4 Å². The average molecular weight is 429 g/mol. The molecule has 0 radical (unpaired) electrons. The highest BCUT2D eigenvalue weighted by atomic mass is 32.2. The Balaban J connectivity index is 1.50. The van der Waals surface area contributed by atoms with Crippen molar-refractivity contribution in [3.05, 3.63) is 71.8 Å². The molecule has 30 heavy (non-hydrogen) atoms. The molecule has 3 rings (SSSR count). The molecule has 0 bridgehead atoms. The van der Waals surface area contributed by atoms with Gasteiger partial charge in [-0.3, -0.25) is 4.79 Å². The zero-order valence-electron chi connectivity index (χ0n) is 15.5. The van der Waals surface area contributed by atoms with Crippen LogP contribution in [0.15, 0.2) is 64.9 Å². The third-order valence-corrected chi connectivity index (χ3v) is 4.58. The van der Waals surface area contributed by atoms with E-state index in [2.05, 4.69) is 26.0 Å². The van der Waals surface area contributed by atoms with E-state index in [1.54, 1.807) is 6.08 Å². The van der Waals surface area contributed by atoms with Crippen molar-refractivity contribution < 1.29 is 13.6 Å². The molecular weight excluding hydrogens is 412 g/mol. The summed E-state index contributed by atoms with van der Waals surface area (Å²) in [7, 11) is 0. The summed E-state index contributed by atoms with van der Waals surface area (Å²) >= 11 is 0.949. The van der Waals surface area contributed by atoms with Gasteiger partial charge in [0, 0.05) is 6.21 Å². The van der Waals surface area contributed by atoms with E-state index in [9.17, 15) is 13.6 Å². The number of hydrazone groups is 1. The van der Waals surface area contributed by atoms with Gasteiger partial charge in [-0.05, 0) is 23.8 Å². The fourth-order valence-electron chi connectivity index (χ4n) is 2.23. The second-order valence-corrected chi connectivity index (χ2v) is 6.71. The van der Waals surface area contributed by atoms with Crippen molar-refractivity contribution in [3.63, 3.8) is 0 Å². The van der Waals surface area contributed by atoms with Gasteiger partial charge in [-0.25, -0.2) is 18.9 Å². The van der Waals surface area contributed by atoms with Crippen molar-refractivity contribution in [1.29, 1.82) is 0 Å². The van der Waals surface area contributed by atoms with Crippen molar-refractivity contribution in [2.24, 2.45) is 5.10 Å². The van der Waals surface area contributed by atoms with Crippen LogP contribution < -0.4 is 16.6 Å². The zero-order chi connectivity index (χ0) is 21.3. The van der Waals surface area contributed by atoms with Crippen LogP contribution in [0.5, 0.6) is 0 Å². The monoisotopic (exact) mass is 429 g/mol. The van der Waals surface area contributed by atoms with Gasteiger partial charge in [-0.15, -0.1) is 10.2 Å². The van der Waals surface area contributed by atoms with Crippen LogP contribution in [-0.2, 0) is 4.79 Å². The molecule has 8 nitrogen and oxygen atoms in total. The molecule has 0 saturated heterocycles. The van der Waals surface area contributed by atoms with Crippen molar-refractivity contribution in [2.75, 3.05) is 22.3 Å². The molecule has 1 amide bonds. The molecule has 0 atom stereocenters. The second-order valence-electron chi connectivity index (χ2n) is 5.77. The predicted octanol–water partition coefficient (Wildman–Crippen LogP) is 3.11. The van der Waals surface area contributed by atoms with Crippen LogP contribution in [0.25, 0.3) is 6.08 Å². The minimum Gasteiger partial charge on any atom is -0.334 e. The molecule has 154 valence electrons. The Morgan fingerprint density at radius 3 is 2.60 bits per heavy atom. The molecule has 1 aromatic heterocycles. The van der Waals surface area contributed by atoms with E-state index in [4.69, 9.17) is 5.84 Å². The molecular formula is C19H17F2N7OS. The highest BCUT2D eigenvalue weighted by Gasteiger charge is 2.15. The number of benzene rings is 2. The first kappa shape index (κ1) is 21.0. The summed E-state index contributed by atoms with van der Waals surface area (Å²) in [6.45, 7) is 0. The number of amides is 1. The lowest BCUT2D eigenvalue weighted by molar-refractivity contribution is -0.113. The average Bonchev–Trinajstić information content (AvgIpc) is 3.09. The number of allylic oxidation sites excluding steroid dienone is 1. The molecule has 3 aromatic rings. The van der Waals surface area contributed by atoms with Gasteiger partial charge in [0.1, 0.15) is 17.3 Å².